The Labute approximate surface area is 132 Å². The molecule has 122 valence electrons. The summed E-state index contributed by atoms with van der Waals surface area (Å²) in [6, 6.07) is 7.57. The van der Waals surface area contributed by atoms with E-state index in [0.717, 1.165) is 5.56 Å². The molecule has 0 spiro atoms. The number of benzene rings is 1. The Kier molecular flexibility index (Phi) is 5.46. The normalized spacial score (nSPS) is 11.9. The average Bonchev–Trinajstić information content (AvgIpc) is 2.55. The van der Waals surface area contributed by atoms with Gasteiger partial charge in [-0.15, -0.1) is 0 Å². The summed E-state index contributed by atoms with van der Waals surface area (Å²) in [5.41, 5.74) is 0.764. The van der Waals surface area contributed by atoms with E-state index in [1.165, 1.54) is 25.3 Å². The van der Waals surface area contributed by atoms with Gasteiger partial charge in [-0.3, -0.25) is 9.78 Å². The van der Waals surface area contributed by atoms with Crippen molar-refractivity contribution in [3.63, 3.8) is 0 Å². The summed E-state index contributed by atoms with van der Waals surface area (Å²) in [6.07, 6.45) is 3.24. The van der Waals surface area contributed by atoms with Gasteiger partial charge < -0.3 is 14.8 Å². The molecule has 1 atom stereocenters. The fraction of sp³-hybridized carbons (Fsp3) is 0.250. The first-order chi connectivity index (χ1) is 11.0. The predicted octanol–water partition coefficient (Wildman–Crippen LogP) is 3.18. The maximum absolute atomic E-state index is 12.6. The van der Waals surface area contributed by atoms with Gasteiger partial charge in [-0.05, 0) is 30.7 Å². The number of carbonyl (C=O) groups excluding carboxylic acids is 1. The van der Waals surface area contributed by atoms with Crippen LogP contribution in [-0.2, 0) is 0 Å². The first kappa shape index (κ1) is 16.7. The van der Waals surface area contributed by atoms with Crippen molar-refractivity contribution in [2.75, 3.05) is 7.11 Å². The number of ether oxygens (including phenoxy) is 2. The lowest BCUT2D eigenvalue weighted by atomic mass is 10.1. The smallest absolute Gasteiger partial charge is 0.387 e. The molecule has 1 amide bonds. The molecule has 23 heavy (non-hydrogen) atoms. The predicted molar refractivity (Wildman–Crippen MR) is 79.7 cm³/mol. The van der Waals surface area contributed by atoms with E-state index in [1.807, 2.05) is 0 Å². The largest absolute Gasteiger partial charge is 0.493 e. The standard InChI is InChI=1S/C16H16F2N2O3/c1-10(11-5-4-8-19-9-11)20-15(21)12-6-3-7-13(22-2)14(12)23-16(17)18/h3-10,16H,1-2H3,(H,20,21). The van der Waals surface area contributed by atoms with Crippen LogP contribution in [0.1, 0.15) is 28.9 Å². The number of pyridine rings is 1. The number of alkyl halides is 2. The zero-order valence-corrected chi connectivity index (χ0v) is 12.6. The number of para-hydroxylation sites is 1. The molecule has 1 aromatic heterocycles. The molecule has 1 aromatic carbocycles. The summed E-state index contributed by atoms with van der Waals surface area (Å²) in [7, 11) is 1.31. The van der Waals surface area contributed by atoms with Crippen LogP contribution >= 0.6 is 0 Å². The first-order valence-electron chi connectivity index (χ1n) is 6.85. The van der Waals surface area contributed by atoms with Gasteiger partial charge in [0.2, 0.25) is 0 Å². The number of hydrogen-bond donors (Lipinski definition) is 1. The van der Waals surface area contributed by atoms with Crippen molar-refractivity contribution in [1.82, 2.24) is 10.3 Å². The van der Waals surface area contributed by atoms with Crippen molar-refractivity contribution in [3.8, 4) is 11.5 Å². The van der Waals surface area contributed by atoms with Crippen LogP contribution in [0, 0.1) is 0 Å². The van der Waals surface area contributed by atoms with Gasteiger partial charge in [0.1, 0.15) is 0 Å². The number of amides is 1. The van der Waals surface area contributed by atoms with Crippen molar-refractivity contribution >= 4 is 5.91 Å². The molecule has 0 aliphatic rings. The van der Waals surface area contributed by atoms with E-state index in [2.05, 4.69) is 15.0 Å². The van der Waals surface area contributed by atoms with Gasteiger partial charge in [0.15, 0.2) is 11.5 Å². The van der Waals surface area contributed by atoms with E-state index in [9.17, 15) is 13.6 Å². The Hall–Kier alpha value is -2.70. The number of halogens is 2. The third kappa shape index (κ3) is 4.15. The van der Waals surface area contributed by atoms with Crippen molar-refractivity contribution in [1.29, 1.82) is 0 Å². The van der Waals surface area contributed by atoms with Gasteiger partial charge in [0, 0.05) is 12.4 Å². The first-order valence-corrected chi connectivity index (χ1v) is 6.85. The quantitative estimate of drug-likeness (QED) is 0.887. The fourth-order valence-corrected chi connectivity index (χ4v) is 2.06. The van der Waals surface area contributed by atoms with Crippen LogP contribution < -0.4 is 14.8 Å². The second-order valence-electron chi connectivity index (χ2n) is 4.70. The zero-order valence-electron chi connectivity index (χ0n) is 12.6. The molecule has 1 unspecified atom stereocenters. The maximum atomic E-state index is 12.6. The van der Waals surface area contributed by atoms with Gasteiger partial charge in [0.25, 0.3) is 5.91 Å². The number of methoxy groups -OCH3 is 1. The molecule has 0 saturated carbocycles. The summed E-state index contributed by atoms with van der Waals surface area (Å²) in [4.78, 5) is 16.4. The topological polar surface area (TPSA) is 60.5 Å². The van der Waals surface area contributed by atoms with Crippen LogP contribution in [0.2, 0.25) is 0 Å². The highest BCUT2D eigenvalue weighted by atomic mass is 19.3. The molecule has 0 aliphatic heterocycles. The Morgan fingerprint density at radius 2 is 2.04 bits per heavy atom. The molecule has 2 aromatic rings. The maximum Gasteiger partial charge on any atom is 0.387 e. The van der Waals surface area contributed by atoms with Gasteiger partial charge in [-0.1, -0.05) is 12.1 Å². The summed E-state index contributed by atoms with van der Waals surface area (Å²) >= 11 is 0. The number of rotatable bonds is 6. The monoisotopic (exact) mass is 322 g/mol. The van der Waals surface area contributed by atoms with E-state index < -0.39 is 12.5 Å². The molecule has 0 aliphatic carbocycles. The van der Waals surface area contributed by atoms with Gasteiger partial charge in [-0.2, -0.15) is 8.78 Å². The lowest BCUT2D eigenvalue weighted by Gasteiger charge is -2.17. The Bertz CT molecular complexity index is 666. The van der Waals surface area contributed by atoms with Crippen LogP contribution in [0.4, 0.5) is 8.78 Å². The number of hydrogen-bond acceptors (Lipinski definition) is 4. The lowest BCUT2D eigenvalue weighted by molar-refractivity contribution is -0.0515. The summed E-state index contributed by atoms with van der Waals surface area (Å²) < 4.78 is 34.6. The third-order valence-electron chi connectivity index (χ3n) is 3.18. The Balaban J connectivity index is 2.25. The fourth-order valence-electron chi connectivity index (χ4n) is 2.06. The van der Waals surface area contributed by atoms with Crippen molar-refractivity contribution < 1.29 is 23.0 Å². The molecule has 2 rings (SSSR count). The molecule has 0 fully saturated rings. The SMILES string of the molecule is COc1cccc(C(=O)NC(C)c2cccnc2)c1OC(F)F. The molecule has 0 bridgehead atoms. The lowest BCUT2D eigenvalue weighted by Crippen LogP contribution is -2.27. The van der Waals surface area contributed by atoms with Crippen LogP contribution in [0.3, 0.4) is 0 Å². The minimum absolute atomic E-state index is 0.0274. The highest BCUT2D eigenvalue weighted by Crippen LogP contribution is 2.32. The zero-order chi connectivity index (χ0) is 16.8. The van der Waals surface area contributed by atoms with Crippen LogP contribution in [-0.4, -0.2) is 24.6 Å². The van der Waals surface area contributed by atoms with E-state index in [-0.39, 0.29) is 23.1 Å². The third-order valence-corrected chi connectivity index (χ3v) is 3.18. The number of carbonyl (C=O) groups is 1. The second kappa shape index (κ2) is 7.53. The Morgan fingerprint density at radius 1 is 1.26 bits per heavy atom. The van der Waals surface area contributed by atoms with Gasteiger partial charge in [0.05, 0.1) is 18.7 Å². The summed E-state index contributed by atoms with van der Waals surface area (Å²) in [6.45, 7) is -1.29. The highest BCUT2D eigenvalue weighted by molar-refractivity contribution is 5.98. The minimum Gasteiger partial charge on any atom is -0.493 e. The van der Waals surface area contributed by atoms with E-state index >= 15 is 0 Å². The number of aromatic nitrogens is 1. The highest BCUT2D eigenvalue weighted by Gasteiger charge is 2.21. The molecule has 1 heterocycles. The number of nitrogens with one attached hydrogen (secondary N) is 1. The number of nitrogens with zero attached hydrogens (tertiary/aromatic N) is 1. The minimum atomic E-state index is -3.06. The van der Waals surface area contributed by atoms with E-state index in [1.54, 1.807) is 31.5 Å². The molecule has 7 heteroatoms. The average molecular weight is 322 g/mol. The molecule has 0 radical (unpaired) electrons. The molecule has 5 nitrogen and oxygen atoms in total. The Morgan fingerprint density at radius 3 is 2.65 bits per heavy atom. The van der Waals surface area contributed by atoms with Crippen molar-refractivity contribution in [3.05, 3.63) is 53.9 Å². The van der Waals surface area contributed by atoms with Crippen LogP contribution in [0.15, 0.2) is 42.7 Å². The van der Waals surface area contributed by atoms with E-state index in [4.69, 9.17) is 4.74 Å². The summed E-state index contributed by atoms with van der Waals surface area (Å²) in [5.74, 6) is -0.774. The van der Waals surface area contributed by atoms with Gasteiger partial charge in [-0.25, -0.2) is 0 Å². The van der Waals surface area contributed by atoms with Crippen LogP contribution in [0.5, 0.6) is 11.5 Å². The van der Waals surface area contributed by atoms with Gasteiger partial charge >= 0.3 is 6.61 Å². The summed E-state index contributed by atoms with van der Waals surface area (Å²) in [5, 5.41) is 2.72. The molecule has 0 saturated heterocycles. The van der Waals surface area contributed by atoms with Crippen LogP contribution in [0.25, 0.3) is 0 Å². The molecular weight excluding hydrogens is 306 g/mol. The van der Waals surface area contributed by atoms with E-state index in [0.29, 0.717) is 0 Å². The molecular formula is C16H16F2N2O3. The second-order valence-corrected chi connectivity index (χ2v) is 4.70. The molecule has 1 N–H and O–H groups in total. The van der Waals surface area contributed by atoms with Crippen molar-refractivity contribution in [2.24, 2.45) is 0 Å². The van der Waals surface area contributed by atoms with Crippen molar-refractivity contribution in [2.45, 2.75) is 19.6 Å².